The van der Waals surface area contributed by atoms with Crippen LogP contribution in [0.4, 0.5) is 5.69 Å². The largest absolute Gasteiger partial charge is 0.481 e. The Balaban J connectivity index is 1.84. The van der Waals surface area contributed by atoms with Crippen LogP contribution in [-0.2, 0) is 0 Å². The first kappa shape index (κ1) is 12.2. The maximum Gasteiger partial charge on any atom is 0.214 e. The lowest BCUT2D eigenvalue weighted by Gasteiger charge is -2.29. The van der Waals surface area contributed by atoms with E-state index in [1.54, 1.807) is 13.3 Å². The highest BCUT2D eigenvalue weighted by Gasteiger charge is 2.16. The van der Waals surface area contributed by atoms with Gasteiger partial charge in [0.2, 0.25) is 5.88 Å². The Morgan fingerprint density at radius 2 is 2.47 bits per heavy atom. The second kappa shape index (κ2) is 5.87. The average Bonchev–Trinajstić information content (AvgIpc) is 2.37. The molecule has 1 aromatic rings. The number of pyridine rings is 1. The summed E-state index contributed by atoms with van der Waals surface area (Å²) in [6.45, 7) is 3.45. The zero-order valence-electron chi connectivity index (χ0n) is 10.6. The Morgan fingerprint density at radius 3 is 3.24 bits per heavy atom. The van der Waals surface area contributed by atoms with Crippen LogP contribution < -0.4 is 10.1 Å². The number of piperidine rings is 1. The maximum atomic E-state index is 5.10. The first-order valence-electron chi connectivity index (χ1n) is 6.20. The van der Waals surface area contributed by atoms with Gasteiger partial charge in [0.25, 0.3) is 0 Å². The molecular formula is C13H21N3O. The summed E-state index contributed by atoms with van der Waals surface area (Å²) in [5.41, 5.74) is 1.09. The molecule has 0 spiro atoms. The van der Waals surface area contributed by atoms with Crippen molar-refractivity contribution in [2.24, 2.45) is 5.92 Å². The molecule has 0 amide bonds. The summed E-state index contributed by atoms with van der Waals surface area (Å²) < 4.78 is 5.10. The van der Waals surface area contributed by atoms with E-state index in [9.17, 15) is 0 Å². The third-order valence-corrected chi connectivity index (χ3v) is 3.26. The second-order valence-electron chi connectivity index (χ2n) is 4.74. The van der Waals surface area contributed by atoms with E-state index in [0.717, 1.165) is 18.2 Å². The highest BCUT2D eigenvalue weighted by Crippen LogP contribution is 2.18. The van der Waals surface area contributed by atoms with Crippen LogP contribution in [0.3, 0.4) is 0 Å². The number of likely N-dealkylation sites (tertiary alicyclic amines) is 1. The van der Waals surface area contributed by atoms with Gasteiger partial charge in [-0.05, 0) is 38.4 Å². The molecule has 0 radical (unpaired) electrons. The highest BCUT2D eigenvalue weighted by molar-refractivity contribution is 5.44. The predicted octanol–water partition coefficient (Wildman–Crippen LogP) is 1.84. The van der Waals surface area contributed by atoms with E-state index in [1.807, 2.05) is 12.1 Å². The summed E-state index contributed by atoms with van der Waals surface area (Å²) in [5.74, 6) is 1.41. The molecule has 17 heavy (non-hydrogen) atoms. The lowest BCUT2D eigenvalue weighted by atomic mass is 9.98. The number of anilines is 1. The molecule has 1 N–H and O–H groups in total. The van der Waals surface area contributed by atoms with Gasteiger partial charge in [-0.2, -0.15) is 0 Å². The SMILES string of the molecule is COc1cc(NCC2CCCN(C)C2)ccn1. The first-order valence-corrected chi connectivity index (χ1v) is 6.20. The minimum Gasteiger partial charge on any atom is -0.481 e. The number of aromatic nitrogens is 1. The van der Waals surface area contributed by atoms with Crippen molar-refractivity contribution in [1.82, 2.24) is 9.88 Å². The van der Waals surface area contributed by atoms with E-state index in [-0.39, 0.29) is 0 Å². The quantitative estimate of drug-likeness (QED) is 0.864. The fraction of sp³-hybridized carbons (Fsp3) is 0.615. The molecule has 1 atom stereocenters. The van der Waals surface area contributed by atoms with Crippen LogP contribution in [0.15, 0.2) is 18.3 Å². The molecule has 1 saturated heterocycles. The second-order valence-corrected chi connectivity index (χ2v) is 4.74. The molecule has 1 unspecified atom stereocenters. The molecule has 2 heterocycles. The van der Waals surface area contributed by atoms with Gasteiger partial charge < -0.3 is 15.0 Å². The van der Waals surface area contributed by atoms with E-state index < -0.39 is 0 Å². The molecule has 94 valence electrons. The van der Waals surface area contributed by atoms with Crippen molar-refractivity contribution in [3.05, 3.63) is 18.3 Å². The lowest BCUT2D eigenvalue weighted by Crippen LogP contribution is -2.35. The molecule has 1 aliphatic heterocycles. The maximum absolute atomic E-state index is 5.10. The van der Waals surface area contributed by atoms with Crippen LogP contribution in [0.1, 0.15) is 12.8 Å². The van der Waals surface area contributed by atoms with Gasteiger partial charge in [-0.3, -0.25) is 0 Å². The Morgan fingerprint density at radius 1 is 1.59 bits per heavy atom. The Bertz CT molecular complexity index is 356. The van der Waals surface area contributed by atoms with Gasteiger partial charge >= 0.3 is 0 Å². The van der Waals surface area contributed by atoms with Crippen molar-refractivity contribution in [1.29, 1.82) is 0 Å². The number of hydrogen-bond acceptors (Lipinski definition) is 4. The van der Waals surface area contributed by atoms with E-state index in [4.69, 9.17) is 4.74 Å². The third kappa shape index (κ3) is 3.60. The molecule has 0 aromatic carbocycles. The molecule has 2 rings (SSSR count). The molecular weight excluding hydrogens is 214 g/mol. The normalized spacial score (nSPS) is 21.2. The van der Waals surface area contributed by atoms with Crippen molar-refractivity contribution in [3.63, 3.8) is 0 Å². The molecule has 0 saturated carbocycles. The van der Waals surface area contributed by atoms with Gasteiger partial charge in [0.15, 0.2) is 0 Å². The standard InChI is InChI=1S/C13H21N3O/c1-16-7-3-4-11(10-16)9-15-12-5-6-14-13(8-12)17-2/h5-6,8,11H,3-4,7,9-10H2,1-2H3,(H,14,15). The topological polar surface area (TPSA) is 37.4 Å². The monoisotopic (exact) mass is 235 g/mol. The average molecular weight is 235 g/mol. The van der Waals surface area contributed by atoms with Crippen LogP contribution in [0.2, 0.25) is 0 Å². The van der Waals surface area contributed by atoms with Crippen molar-refractivity contribution >= 4 is 5.69 Å². The summed E-state index contributed by atoms with van der Waals surface area (Å²) >= 11 is 0. The molecule has 1 aromatic heterocycles. The van der Waals surface area contributed by atoms with Crippen molar-refractivity contribution in [2.75, 3.05) is 39.1 Å². The molecule has 1 fully saturated rings. The summed E-state index contributed by atoms with van der Waals surface area (Å²) in [5, 5.41) is 3.46. The van der Waals surface area contributed by atoms with Gasteiger partial charge in [0.05, 0.1) is 7.11 Å². The number of ether oxygens (including phenoxy) is 1. The summed E-state index contributed by atoms with van der Waals surface area (Å²) in [4.78, 5) is 6.50. The molecule has 4 heteroatoms. The predicted molar refractivity (Wildman–Crippen MR) is 69.5 cm³/mol. The van der Waals surface area contributed by atoms with Crippen molar-refractivity contribution in [2.45, 2.75) is 12.8 Å². The van der Waals surface area contributed by atoms with Crippen LogP contribution in [0.5, 0.6) is 5.88 Å². The van der Waals surface area contributed by atoms with E-state index in [0.29, 0.717) is 5.88 Å². The van der Waals surface area contributed by atoms with Gasteiger partial charge in [0, 0.05) is 31.0 Å². The number of hydrogen-bond donors (Lipinski definition) is 1. The molecule has 4 nitrogen and oxygen atoms in total. The molecule has 0 bridgehead atoms. The van der Waals surface area contributed by atoms with Crippen molar-refractivity contribution < 1.29 is 4.74 Å². The van der Waals surface area contributed by atoms with Gasteiger partial charge in [-0.25, -0.2) is 4.98 Å². The summed E-state index contributed by atoms with van der Waals surface area (Å²) in [6, 6.07) is 3.92. The lowest BCUT2D eigenvalue weighted by molar-refractivity contribution is 0.217. The van der Waals surface area contributed by atoms with Crippen molar-refractivity contribution in [3.8, 4) is 5.88 Å². The summed E-state index contributed by atoms with van der Waals surface area (Å²) in [6.07, 6.45) is 4.40. The zero-order valence-corrected chi connectivity index (χ0v) is 10.6. The minimum absolute atomic E-state index is 0.663. The highest BCUT2D eigenvalue weighted by atomic mass is 16.5. The minimum atomic E-state index is 0.663. The Hall–Kier alpha value is -1.29. The smallest absolute Gasteiger partial charge is 0.214 e. The van der Waals surface area contributed by atoms with E-state index in [2.05, 4.69) is 22.2 Å². The first-order chi connectivity index (χ1) is 8.28. The van der Waals surface area contributed by atoms with Crippen LogP contribution in [0.25, 0.3) is 0 Å². The number of nitrogens with one attached hydrogen (secondary N) is 1. The van der Waals surface area contributed by atoms with Crippen LogP contribution >= 0.6 is 0 Å². The Kier molecular flexibility index (Phi) is 4.20. The molecule has 0 aliphatic carbocycles. The zero-order chi connectivity index (χ0) is 12.1. The third-order valence-electron chi connectivity index (χ3n) is 3.26. The number of nitrogens with zero attached hydrogens (tertiary/aromatic N) is 2. The molecule has 1 aliphatic rings. The fourth-order valence-electron chi connectivity index (χ4n) is 2.33. The van der Waals surface area contributed by atoms with E-state index >= 15 is 0 Å². The number of methoxy groups -OCH3 is 1. The fourth-order valence-corrected chi connectivity index (χ4v) is 2.33. The van der Waals surface area contributed by atoms with Gasteiger partial charge in [-0.1, -0.05) is 0 Å². The van der Waals surface area contributed by atoms with Gasteiger partial charge in [0.1, 0.15) is 0 Å². The number of rotatable bonds is 4. The van der Waals surface area contributed by atoms with E-state index in [1.165, 1.54) is 25.9 Å². The van der Waals surface area contributed by atoms with Gasteiger partial charge in [-0.15, -0.1) is 0 Å². The van der Waals surface area contributed by atoms with Crippen LogP contribution in [-0.4, -0.2) is 43.7 Å². The summed E-state index contributed by atoms with van der Waals surface area (Å²) in [7, 11) is 3.84. The Labute approximate surface area is 103 Å². The van der Waals surface area contributed by atoms with Crippen LogP contribution in [0, 0.1) is 5.92 Å².